The standard InChI is InChI=1S/C13H12O3/c1-10(11-5-3-2-4-6-11)16-13(14)12-7-8-15-9-12/h2-10H,1H3. The third kappa shape index (κ3) is 2.31. The highest BCUT2D eigenvalue weighted by Crippen LogP contribution is 2.18. The first-order chi connectivity index (χ1) is 7.77. The molecule has 3 heteroatoms. The molecule has 0 aliphatic heterocycles. The molecule has 2 rings (SSSR count). The number of ether oxygens (including phenoxy) is 1. The van der Waals surface area contributed by atoms with Crippen LogP contribution in [-0.4, -0.2) is 5.97 Å². The molecule has 0 amide bonds. The molecule has 3 nitrogen and oxygen atoms in total. The van der Waals surface area contributed by atoms with Crippen LogP contribution in [0.15, 0.2) is 53.3 Å². The summed E-state index contributed by atoms with van der Waals surface area (Å²) in [6.07, 6.45) is 2.56. The molecule has 1 aromatic heterocycles. The van der Waals surface area contributed by atoms with Crippen LogP contribution in [0.1, 0.15) is 28.9 Å². The highest BCUT2D eigenvalue weighted by atomic mass is 16.5. The van der Waals surface area contributed by atoms with Gasteiger partial charge in [-0.2, -0.15) is 0 Å². The fourth-order valence-corrected chi connectivity index (χ4v) is 1.40. The fraction of sp³-hybridized carbons (Fsp3) is 0.154. The summed E-state index contributed by atoms with van der Waals surface area (Å²) in [4.78, 5) is 11.6. The molecule has 1 heterocycles. The van der Waals surface area contributed by atoms with Gasteiger partial charge in [-0.15, -0.1) is 0 Å². The molecule has 0 saturated heterocycles. The van der Waals surface area contributed by atoms with Crippen molar-refractivity contribution in [1.29, 1.82) is 0 Å². The summed E-state index contributed by atoms with van der Waals surface area (Å²) in [6, 6.07) is 11.2. The van der Waals surface area contributed by atoms with Crippen LogP contribution in [0.3, 0.4) is 0 Å². The first kappa shape index (κ1) is 10.5. The second-order valence-electron chi connectivity index (χ2n) is 3.47. The van der Waals surface area contributed by atoms with Crippen molar-refractivity contribution in [3.8, 4) is 0 Å². The van der Waals surface area contributed by atoms with Gasteiger partial charge < -0.3 is 9.15 Å². The SMILES string of the molecule is CC(OC(=O)c1ccoc1)c1ccccc1. The topological polar surface area (TPSA) is 39.4 Å². The third-order valence-electron chi connectivity index (χ3n) is 2.31. The number of carbonyl (C=O) groups excluding carboxylic acids is 1. The van der Waals surface area contributed by atoms with Crippen LogP contribution in [0, 0.1) is 0 Å². The third-order valence-corrected chi connectivity index (χ3v) is 2.31. The number of esters is 1. The monoisotopic (exact) mass is 216 g/mol. The van der Waals surface area contributed by atoms with E-state index in [1.54, 1.807) is 6.07 Å². The van der Waals surface area contributed by atoms with Crippen molar-refractivity contribution in [2.75, 3.05) is 0 Å². The summed E-state index contributed by atoms with van der Waals surface area (Å²) in [6.45, 7) is 1.84. The summed E-state index contributed by atoms with van der Waals surface area (Å²) in [5.74, 6) is -0.370. The predicted molar refractivity (Wildman–Crippen MR) is 59.0 cm³/mol. The zero-order valence-electron chi connectivity index (χ0n) is 8.92. The minimum Gasteiger partial charge on any atom is -0.472 e. The van der Waals surface area contributed by atoms with Crippen LogP contribution in [0.2, 0.25) is 0 Å². The van der Waals surface area contributed by atoms with Gasteiger partial charge in [0.25, 0.3) is 0 Å². The lowest BCUT2D eigenvalue weighted by Gasteiger charge is -2.12. The molecular weight excluding hydrogens is 204 g/mol. The van der Waals surface area contributed by atoms with E-state index in [0.29, 0.717) is 5.56 Å². The molecule has 16 heavy (non-hydrogen) atoms. The van der Waals surface area contributed by atoms with Crippen LogP contribution >= 0.6 is 0 Å². The lowest BCUT2D eigenvalue weighted by Crippen LogP contribution is -2.08. The van der Waals surface area contributed by atoms with Crippen LogP contribution in [0.4, 0.5) is 0 Å². The number of furan rings is 1. The quantitative estimate of drug-likeness (QED) is 0.739. The molecule has 0 radical (unpaired) electrons. The Morgan fingerprint density at radius 3 is 2.62 bits per heavy atom. The zero-order chi connectivity index (χ0) is 11.4. The van der Waals surface area contributed by atoms with E-state index in [1.807, 2.05) is 37.3 Å². The summed E-state index contributed by atoms with van der Waals surface area (Å²) in [5, 5.41) is 0. The molecule has 1 unspecified atom stereocenters. The van der Waals surface area contributed by atoms with E-state index in [9.17, 15) is 4.79 Å². The average Bonchev–Trinajstić information content (AvgIpc) is 2.83. The summed E-state index contributed by atoms with van der Waals surface area (Å²) in [7, 11) is 0. The van der Waals surface area contributed by atoms with Gasteiger partial charge in [-0.25, -0.2) is 4.79 Å². The highest BCUT2D eigenvalue weighted by molar-refractivity contribution is 5.89. The van der Waals surface area contributed by atoms with Gasteiger partial charge >= 0.3 is 5.97 Å². The van der Waals surface area contributed by atoms with Crippen LogP contribution < -0.4 is 0 Å². The maximum Gasteiger partial charge on any atom is 0.342 e. The van der Waals surface area contributed by atoms with E-state index in [1.165, 1.54) is 12.5 Å². The van der Waals surface area contributed by atoms with Gasteiger partial charge in [-0.05, 0) is 18.6 Å². The van der Waals surface area contributed by atoms with Crippen LogP contribution in [0.25, 0.3) is 0 Å². The molecule has 0 N–H and O–H groups in total. The van der Waals surface area contributed by atoms with Gasteiger partial charge in [0.2, 0.25) is 0 Å². The first-order valence-corrected chi connectivity index (χ1v) is 5.05. The Bertz CT molecular complexity index is 445. The van der Waals surface area contributed by atoms with E-state index in [4.69, 9.17) is 9.15 Å². The first-order valence-electron chi connectivity index (χ1n) is 5.05. The maximum atomic E-state index is 11.6. The molecule has 0 spiro atoms. The average molecular weight is 216 g/mol. The molecule has 0 fully saturated rings. The van der Waals surface area contributed by atoms with Crippen LogP contribution in [0.5, 0.6) is 0 Å². The lowest BCUT2D eigenvalue weighted by molar-refractivity contribution is 0.0337. The molecule has 1 atom stereocenters. The summed E-state index contributed by atoms with van der Waals surface area (Å²) in [5.41, 5.74) is 1.40. The Labute approximate surface area is 93.7 Å². The van der Waals surface area contributed by atoms with Gasteiger partial charge in [0.1, 0.15) is 12.4 Å². The highest BCUT2D eigenvalue weighted by Gasteiger charge is 2.13. The minimum atomic E-state index is -0.370. The van der Waals surface area contributed by atoms with E-state index in [2.05, 4.69) is 0 Å². The van der Waals surface area contributed by atoms with Crippen molar-refractivity contribution in [1.82, 2.24) is 0 Å². The molecule has 2 aromatic rings. The van der Waals surface area contributed by atoms with Crippen LogP contribution in [-0.2, 0) is 4.74 Å². The minimum absolute atomic E-state index is 0.261. The molecule has 0 aliphatic carbocycles. The van der Waals surface area contributed by atoms with Gasteiger partial charge in [-0.3, -0.25) is 0 Å². The van der Waals surface area contributed by atoms with Crippen molar-refractivity contribution < 1.29 is 13.9 Å². The number of hydrogen-bond donors (Lipinski definition) is 0. The normalized spacial score (nSPS) is 12.1. The number of benzene rings is 1. The maximum absolute atomic E-state index is 11.6. The van der Waals surface area contributed by atoms with Gasteiger partial charge in [0, 0.05) is 0 Å². The number of hydrogen-bond acceptors (Lipinski definition) is 3. The van der Waals surface area contributed by atoms with E-state index in [0.717, 1.165) is 5.56 Å². The Morgan fingerprint density at radius 1 is 1.25 bits per heavy atom. The van der Waals surface area contributed by atoms with Crippen molar-refractivity contribution in [3.05, 3.63) is 60.1 Å². The van der Waals surface area contributed by atoms with E-state index >= 15 is 0 Å². The molecule has 0 bridgehead atoms. The number of carbonyl (C=O) groups is 1. The van der Waals surface area contributed by atoms with Gasteiger partial charge in [-0.1, -0.05) is 30.3 Å². The van der Waals surface area contributed by atoms with Gasteiger partial charge in [0.05, 0.1) is 11.8 Å². The molecule has 0 aliphatic rings. The lowest BCUT2D eigenvalue weighted by atomic mass is 10.1. The molecule has 0 saturated carbocycles. The van der Waals surface area contributed by atoms with E-state index in [-0.39, 0.29) is 12.1 Å². The Balaban J connectivity index is 2.03. The Morgan fingerprint density at radius 2 is 2.00 bits per heavy atom. The second-order valence-corrected chi connectivity index (χ2v) is 3.47. The largest absolute Gasteiger partial charge is 0.472 e. The predicted octanol–water partition coefficient (Wildman–Crippen LogP) is 3.20. The fourth-order valence-electron chi connectivity index (χ4n) is 1.40. The molecule has 1 aromatic carbocycles. The summed E-state index contributed by atoms with van der Waals surface area (Å²) < 4.78 is 10.1. The molecular formula is C13H12O3. The van der Waals surface area contributed by atoms with Gasteiger partial charge in [0.15, 0.2) is 0 Å². The Hall–Kier alpha value is -2.03. The van der Waals surface area contributed by atoms with Crippen molar-refractivity contribution in [2.24, 2.45) is 0 Å². The summed E-state index contributed by atoms with van der Waals surface area (Å²) >= 11 is 0. The molecule has 82 valence electrons. The van der Waals surface area contributed by atoms with Crippen molar-refractivity contribution in [2.45, 2.75) is 13.0 Å². The Kier molecular flexibility index (Phi) is 3.05. The number of rotatable bonds is 3. The van der Waals surface area contributed by atoms with Crippen molar-refractivity contribution >= 4 is 5.97 Å². The van der Waals surface area contributed by atoms with E-state index < -0.39 is 0 Å². The smallest absolute Gasteiger partial charge is 0.342 e. The zero-order valence-corrected chi connectivity index (χ0v) is 8.92. The second kappa shape index (κ2) is 4.66. The van der Waals surface area contributed by atoms with Crippen molar-refractivity contribution in [3.63, 3.8) is 0 Å².